The molecule has 5 aromatic rings. The van der Waals surface area contributed by atoms with E-state index < -0.39 is 0 Å². The minimum atomic E-state index is -0.213. The van der Waals surface area contributed by atoms with E-state index in [1.807, 2.05) is 63.1 Å². The van der Waals surface area contributed by atoms with Crippen LogP contribution in [-0.4, -0.2) is 31.1 Å². The van der Waals surface area contributed by atoms with Crippen LogP contribution in [0.25, 0.3) is 21.9 Å². The highest BCUT2D eigenvalue weighted by Crippen LogP contribution is 2.24. The molecule has 0 radical (unpaired) electrons. The normalized spacial score (nSPS) is 11.1. The van der Waals surface area contributed by atoms with E-state index in [-0.39, 0.29) is 12.3 Å². The summed E-state index contributed by atoms with van der Waals surface area (Å²) in [5.41, 5.74) is 7.61. The monoisotopic (exact) mass is 451 g/mol. The fraction of sp³-hybridized carbons (Fsp3) is 0.0417. The van der Waals surface area contributed by atoms with Crippen molar-refractivity contribution in [3.05, 3.63) is 95.6 Å². The van der Waals surface area contributed by atoms with Crippen LogP contribution in [0.15, 0.2) is 83.9 Å². The number of hydrogen-bond donors (Lipinski definition) is 1. The van der Waals surface area contributed by atoms with Crippen LogP contribution in [0.5, 0.6) is 0 Å². The Morgan fingerprint density at radius 3 is 2.73 bits per heavy atom. The predicted octanol–water partition coefficient (Wildman–Crippen LogP) is 3.81. The molecule has 2 aromatic carbocycles. The Morgan fingerprint density at radius 2 is 2.00 bits per heavy atom. The SMILES string of the molecule is N#Cc1ccc(-c2cn3c(CC(=O)N/N=C/c4ccc(-n5ccnc5)cc4)csc3n2)cc1. The molecule has 1 N–H and O–H groups in total. The molecule has 0 unspecified atom stereocenters. The van der Waals surface area contributed by atoms with Crippen LogP contribution in [-0.2, 0) is 11.2 Å². The first-order chi connectivity index (χ1) is 16.2. The third-order valence-corrected chi connectivity index (χ3v) is 5.92. The van der Waals surface area contributed by atoms with E-state index in [1.54, 1.807) is 30.9 Å². The molecule has 160 valence electrons. The number of nitrogens with one attached hydrogen (secondary N) is 1. The number of thiazole rings is 1. The summed E-state index contributed by atoms with van der Waals surface area (Å²) < 4.78 is 3.82. The lowest BCUT2D eigenvalue weighted by Gasteiger charge is -2.02. The maximum Gasteiger partial charge on any atom is 0.246 e. The summed E-state index contributed by atoms with van der Waals surface area (Å²) >= 11 is 1.47. The van der Waals surface area contributed by atoms with Crippen molar-refractivity contribution in [2.24, 2.45) is 5.10 Å². The van der Waals surface area contributed by atoms with Gasteiger partial charge in [0.25, 0.3) is 0 Å². The van der Waals surface area contributed by atoms with Crippen molar-refractivity contribution in [3.63, 3.8) is 0 Å². The van der Waals surface area contributed by atoms with Crippen molar-refractivity contribution < 1.29 is 4.79 Å². The van der Waals surface area contributed by atoms with Crippen molar-refractivity contribution >= 4 is 28.4 Å². The molecule has 0 aliphatic heterocycles. The first kappa shape index (κ1) is 20.4. The zero-order chi connectivity index (χ0) is 22.6. The maximum atomic E-state index is 12.4. The lowest BCUT2D eigenvalue weighted by Crippen LogP contribution is -2.20. The second kappa shape index (κ2) is 8.90. The fourth-order valence-electron chi connectivity index (χ4n) is 3.34. The summed E-state index contributed by atoms with van der Waals surface area (Å²) in [5.74, 6) is -0.213. The quantitative estimate of drug-likeness (QED) is 0.313. The Kier molecular flexibility index (Phi) is 5.49. The van der Waals surface area contributed by atoms with Gasteiger partial charge in [-0.3, -0.25) is 9.20 Å². The number of aromatic nitrogens is 4. The highest BCUT2D eigenvalue weighted by Gasteiger charge is 2.12. The second-order valence-electron chi connectivity index (χ2n) is 7.23. The number of nitrogens with zero attached hydrogens (tertiary/aromatic N) is 6. The first-order valence-corrected chi connectivity index (χ1v) is 10.9. The molecule has 0 aliphatic carbocycles. The fourth-order valence-corrected chi connectivity index (χ4v) is 4.21. The van der Waals surface area contributed by atoms with Crippen LogP contribution in [0.4, 0.5) is 0 Å². The van der Waals surface area contributed by atoms with Crippen molar-refractivity contribution in [2.45, 2.75) is 6.42 Å². The zero-order valence-corrected chi connectivity index (χ0v) is 18.1. The Labute approximate surface area is 193 Å². The van der Waals surface area contributed by atoms with Gasteiger partial charge in [-0.1, -0.05) is 24.3 Å². The van der Waals surface area contributed by atoms with Crippen LogP contribution >= 0.6 is 11.3 Å². The Bertz CT molecular complexity index is 1470. The molecule has 5 rings (SSSR count). The second-order valence-corrected chi connectivity index (χ2v) is 8.06. The van der Waals surface area contributed by atoms with Crippen LogP contribution in [0.3, 0.4) is 0 Å². The van der Waals surface area contributed by atoms with Crippen molar-refractivity contribution in [1.82, 2.24) is 24.4 Å². The molecular weight excluding hydrogens is 434 g/mol. The van der Waals surface area contributed by atoms with Gasteiger partial charge in [-0.15, -0.1) is 11.3 Å². The average Bonchev–Trinajstić information content (AvgIpc) is 3.59. The van der Waals surface area contributed by atoms with Gasteiger partial charge in [0.15, 0.2) is 4.96 Å². The topological polar surface area (TPSA) is 100 Å². The number of nitriles is 1. The standard InChI is InChI=1S/C24H17N7OS/c25-12-17-1-5-19(6-2-17)22-14-31-21(15-33-24(31)28-22)11-23(32)29-27-13-18-3-7-20(8-4-18)30-10-9-26-16-30/h1-10,13-16H,11H2,(H,29,32)/b27-13+. The van der Waals surface area contributed by atoms with E-state index in [2.05, 4.69) is 26.6 Å². The van der Waals surface area contributed by atoms with E-state index in [1.165, 1.54) is 11.3 Å². The van der Waals surface area contributed by atoms with Gasteiger partial charge >= 0.3 is 0 Å². The molecule has 33 heavy (non-hydrogen) atoms. The van der Waals surface area contributed by atoms with Gasteiger partial charge in [0.1, 0.15) is 0 Å². The van der Waals surface area contributed by atoms with Crippen LogP contribution in [0.1, 0.15) is 16.8 Å². The van der Waals surface area contributed by atoms with E-state index in [4.69, 9.17) is 5.26 Å². The molecule has 9 heteroatoms. The Morgan fingerprint density at radius 1 is 1.18 bits per heavy atom. The van der Waals surface area contributed by atoms with Crippen LogP contribution in [0, 0.1) is 11.3 Å². The van der Waals surface area contributed by atoms with Crippen molar-refractivity contribution in [3.8, 4) is 23.0 Å². The van der Waals surface area contributed by atoms with Gasteiger partial charge in [0, 0.05) is 40.9 Å². The third kappa shape index (κ3) is 4.42. The molecule has 0 fully saturated rings. The van der Waals surface area contributed by atoms with Crippen LogP contribution in [0.2, 0.25) is 0 Å². The zero-order valence-electron chi connectivity index (χ0n) is 17.3. The number of carbonyl (C=O) groups is 1. The number of imidazole rings is 2. The summed E-state index contributed by atoms with van der Waals surface area (Å²) in [5, 5.41) is 14.9. The highest BCUT2D eigenvalue weighted by molar-refractivity contribution is 7.15. The number of benzene rings is 2. The Balaban J connectivity index is 1.23. The molecule has 0 bridgehead atoms. The van der Waals surface area contributed by atoms with Gasteiger partial charge in [-0.25, -0.2) is 15.4 Å². The molecule has 0 spiro atoms. The lowest BCUT2D eigenvalue weighted by atomic mass is 10.1. The predicted molar refractivity (Wildman–Crippen MR) is 126 cm³/mol. The molecule has 1 amide bonds. The van der Waals surface area contributed by atoms with E-state index in [9.17, 15) is 4.79 Å². The molecule has 8 nitrogen and oxygen atoms in total. The van der Waals surface area contributed by atoms with Crippen molar-refractivity contribution in [1.29, 1.82) is 5.26 Å². The van der Waals surface area contributed by atoms with Gasteiger partial charge in [0.2, 0.25) is 5.91 Å². The molecule has 0 aliphatic rings. The molecular formula is C24H17N7OS. The molecule has 0 saturated carbocycles. The van der Waals surface area contributed by atoms with Gasteiger partial charge in [0.05, 0.1) is 36.3 Å². The smallest absolute Gasteiger partial charge is 0.246 e. The average molecular weight is 452 g/mol. The number of carbonyl (C=O) groups excluding carboxylic acids is 1. The number of hydrogen-bond acceptors (Lipinski definition) is 6. The van der Waals surface area contributed by atoms with Gasteiger partial charge < -0.3 is 4.57 Å². The maximum absolute atomic E-state index is 12.4. The molecule has 0 saturated heterocycles. The van der Waals surface area contributed by atoms with Crippen molar-refractivity contribution in [2.75, 3.05) is 0 Å². The summed E-state index contributed by atoms with van der Waals surface area (Å²) in [7, 11) is 0. The summed E-state index contributed by atoms with van der Waals surface area (Å²) in [6.45, 7) is 0. The largest absolute Gasteiger partial charge is 0.306 e. The number of hydrazone groups is 1. The summed E-state index contributed by atoms with van der Waals surface area (Å²) in [6.07, 6.45) is 9.03. The van der Waals surface area contributed by atoms with E-state index >= 15 is 0 Å². The summed E-state index contributed by atoms with van der Waals surface area (Å²) in [4.78, 5) is 21.9. The third-order valence-electron chi connectivity index (χ3n) is 5.03. The Hall–Kier alpha value is -4.55. The number of fused-ring (bicyclic) bond motifs is 1. The first-order valence-electron chi connectivity index (χ1n) is 10.1. The molecule has 0 atom stereocenters. The highest BCUT2D eigenvalue weighted by atomic mass is 32.1. The van der Waals surface area contributed by atoms with Gasteiger partial charge in [-0.2, -0.15) is 10.4 Å². The van der Waals surface area contributed by atoms with E-state index in [0.717, 1.165) is 33.2 Å². The summed E-state index contributed by atoms with van der Waals surface area (Å²) in [6, 6.07) is 17.1. The minimum absolute atomic E-state index is 0.181. The van der Waals surface area contributed by atoms with Crippen LogP contribution < -0.4 is 5.43 Å². The minimum Gasteiger partial charge on any atom is -0.306 e. The number of amides is 1. The van der Waals surface area contributed by atoms with E-state index in [0.29, 0.717) is 5.56 Å². The number of rotatable bonds is 6. The molecule has 3 heterocycles. The molecule has 3 aromatic heterocycles. The lowest BCUT2D eigenvalue weighted by molar-refractivity contribution is -0.120. The van der Waals surface area contributed by atoms with Gasteiger partial charge in [-0.05, 0) is 29.8 Å².